The second-order valence-electron chi connectivity index (χ2n) is 9.38. The average Bonchev–Trinajstić information content (AvgIpc) is 3.49. The van der Waals surface area contributed by atoms with Gasteiger partial charge in [-0.25, -0.2) is 14.5 Å². The second-order valence-corrected chi connectivity index (χ2v) is 9.38. The molecule has 6 heteroatoms. The van der Waals surface area contributed by atoms with E-state index >= 15 is 0 Å². The molecule has 3 aromatic carbocycles. The summed E-state index contributed by atoms with van der Waals surface area (Å²) in [6, 6.07) is 22.6. The maximum Gasteiger partial charge on any atom is 0.347 e. The molecule has 2 heterocycles. The molecule has 2 fully saturated rings. The van der Waals surface area contributed by atoms with E-state index in [9.17, 15) is 9.59 Å². The lowest BCUT2D eigenvalue weighted by atomic mass is 9.77. The van der Waals surface area contributed by atoms with Gasteiger partial charge in [-0.05, 0) is 59.8 Å². The molecular formula is C27H26N4O2. The van der Waals surface area contributed by atoms with E-state index < -0.39 is 5.41 Å². The van der Waals surface area contributed by atoms with Crippen LogP contribution in [0.4, 0.5) is 0 Å². The fourth-order valence-electron chi connectivity index (χ4n) is 5.25. The van der Waals surface area contributed by atoms with Crippen LogP contribution in [0, 0.1) is 11.3 Å². The number of ketones is 1. The number of nitrogens with one attached hydrogen (secondary N) is 2. The first kappa shape index (κ1) is 20.1. The van der Waals surface area contributed by atoms with Crippen LogP contribution in [-0.2, 0) is 11.2 Å². The third-order valence-corrected chi connectivity index (χ3v) is 7.18. The number of Topliss-reactive ketones (excluding diaryl/α,β-unsaturated/α-hetero) is 1. The van der Waals surface area contributed by atoms with Crippen molar-refractivity contribution in [2.24, 2.45) is 11.3 Å². The van der Waals surface area contributed by atoms with Crippen molar-refractivity contribution in [1.29, 1.82) is 0 Å². The number of fused-ring (bicyclic) bond motifs is 1. The van der Waals surface area contributed by atoms with E-state index in [1.807, 2.05) is 36.4 Å². The summed E-state index contributed by atoms with van der Waals surface area (Å²) >= 11 is 0. The molecule has 1 aliphatic carbocycles. The topological polar surface area (TPSA) is 79.8 Å². The smallest absolute Gasteiger partial charge is 0.316 e. The number of H-pyrrole nitrogens is 1. The molecular weight excluding hydrogens is 412 g/mol. The van der Waals surface area contributed by atoms with E-state index in [0.717, 1.165) is 42.6 Å². The van der Waals surface area contributed by atoms with Gasteiger partial charge in [0, 0.05) is 24.3 Å². The van der Waals surface area contributed by atoms with Crippen molar-refractivity contribution in [3.05, 3.63) is 83.0 Å². The predicted octanol–water partition coefficient (Wildman–Crippen LogP) is 3.88. The fourth-order valence-corrected chi connectivity index (χ4v) is 5.25. The number of carbonyl (C=O) groups excluding carboxylic acids is 1. The minimum absolute atomic E-state index is 0.184. The van der Waals surface area contributed by atoms with Crippen LogP contribution in [0.5, 0.6) is 0 Å². The van der Waals surface area contributed by atoms with Gasteiger partial charge in [0.1, 0.15) is 11.6 Å². The minimum Gasteiger partial charge on any atom is -0.316 e. The lowest BCUT2D eigenvalue weighted by Crippen LogP contribution is -2.38. The highest BCUT2D eigenvalue weighted by Gasteiger charge is 2.48. The summed E-state index contributed by atoms with van der Waals surface area (Å²) in [5.41, 5.74) is 2.27. The van der Waals surface area contributed by atoms with Crippen molar-refractivity contribution in [1.82, 2.24) is 20.1 Å². The maximum absolute atomic E-state index is 13.1. The van der Waals surface area contributed by atoms with Crippen molar-refractivity contribution >= 4 is 16.6 Å². The number of hydrogen-bond acceptors (Lipinski definition) is 4. The zero-order valence-corrected chi connectivity index (χ0v) is 18.4. The summed E-state index contributed by atoms with van der Waals surface area (Å²) in [5.74, 6) is 1.14. The van der Waals surface area contributed by atoms with Gasteiger partial charge in [-0.2, -0.15) is 5.10 Å². The first-order valence-electron chi connectivity index (χ1n) is 11.6. The molecule has 0 unspecified atom stereocenters. The molecule has 6 nitrogen and oxygen atoms in total. The minimum atomic E-state index is -0.465. The van der Waals surface area contributed by atoms with Gasteiger partial charge in [0.05, 0.1) is 5.69 Å². The molecule has 166 valence electrons. The number of benzene rings is 3. The van der Waals surface area contributed by atoms with Crippen molar-refractivity contribution in [2.45, 2.75) is 25.7 Å². The molecule has 1 aromatic heterocycles. The molecule has 1 aliphatic heterocycles. The lowest BCUT2D eigenvalue weighted by Gasteiger charge is -2.26. The van der Waals surface area contributed by atoms with Crippen LogP contribution in [-0.4, -0.2) is 33.6 Å². The summed E-state index contributed by atoms with van der Waals surface area (Å²) in [6.45, 7) is 1.48. The van der Waals surface area contributed by atoms with Crippen LogP contribution in [0.25, 0.3) is 27.6 Å². The molecule has 0 radical (unpaired) electrons. The Morgan fingerprint density at radius 2 is 1.82 bits per heavy atom. The highest BCUT2D eigenvalue weighted by molar-refractivity contribution is 5.96. The first-order chi connectivity index (χ1) is 16.1. The van der Waals surface area contributed by atoms with Gasteiger partial charge >= 0.3 is 5.69 Å². The number of hydrogen-bond donors (Lipinski definition) is 2. The van der Waals surface area contributed by atoms with Crippen LogP contribution in [0.2, 0.25) is 0 Å². The van der Waals surface area contributed by atoms with Gasteiger partial charge in [-0.15, -0.1) is 0 Å². The van der Waals surface area contributed by atoms with E-state index in [0.29, 0.717) is 24.6 Å². The van der Waals surface area contributed by atoms with Crippen LogP contribution >= 0.6 is 0 Å². The Morgan fingerprint density at radius 3 is 2.58 bits per heavy atom. The Balaban J connectivity index is 1.35. The largest absolute Gasteiger partial charge is 0.347 e. The Hall–Kier alpha value is -3.51. The number of rotatable bonds is 6. The Labute approximate surface area is 191 Å². The van der Waals surface area contributed by atoms with E-state index in [-0.39, 0.29) is 11.6 Å². The Morgan fingerprint density at radius 1 is 1.03 bits per heavy atom. The van der Waals surface area contributed by atoms with Gasteiger partial charge in [-0.3, -0.25) is 4.79 Å². The first-order valence-corrected chi connectivity index (χ1v) is 11.6. The molecule has 0 spiro atoms. The molecule has 33 heavy (non-hydrogen) atoms. The molecule has 2 aliphatic rings. The number of carbonyl (C=O) groups is 1. The SMILES string of the molecule is O=C(C1CC1)[C@]1(Cc2n[nH]c(=O)n2-c2ccc(-c3cccc4ccccc34)cc2)CCNC1. The lowest BCUT2D eigenvalue weighted by molar-refractivity contribution is -0.129. The molecule has 0 bridgehead atoms. The Kier molecular flexibility index (Phi) is 4.76. The number of nitrogens with zero attached hydrogens (tertiary/aromatic N) is 2. The van der Waals surface area contributed by atoms with E-state index in [4.69, 9.17) is 0 Å². The molecule has 6 rings (SSSR count). The standard InChI is InChI=1S/C27H26N4O2/c32-25(20-8-9-20)27(14-15-28-17-27)16-24-29-30-26(33)31(24)21-12-10-19(11-13-21)23-7-3-5-18-4-1-2-6-22(18)23/h1-7,10-13,20,28H,8-9,14-17H2,(H,30,33)/t27-/m0/s1. The third kappa shape index (κ3) is 3.51. The van der Waals surface area contributed by atoms with Crippen molar-refractivity contribution < 1.29 is 4.79 Å². The summed E-state index contributed by atoms with van der Waals surface area (Å²) in [4.78, 5) is 25.8. The third-order valence-electron chi connectivity index (χ3n) is 7.18. The summed E-state index contributed by atoms with van der Waals surface area (Å²) in [5, 5.41) is 12.7. The van der Waals surface area contributed by atoms with Crippen LogP contribution in [0.3, 0.4) is 0 Å². The molecule has 0 amide bonds. The maximum atomic E-state index is 13.1. The summed E-state index contributed by atoms with van der Waals surface area (Å²) in [7, 11) is 0. The van der Waals surface area contributed by atoms with Crippen molar-refractivity contribution in [2.75, 3.05) is 13.1 Å². The molecule has 2 N–H and O–H groups in total. The van der Waals surface area contributed by atoms with Crippen molar-refractivity contribution in [3.63, 3.8) is 0 Å². The number of aromatic nitrogens is 3. The van der Waals surface area contributed by atoms with Crippen molar-refractivity contribution in [3.8, 4) is 16.8 Å². The highest BCUT2D eigenvalue weighted by atomic mass is 16.2. The van der Waals surface area contributed by atoms with Gasteiger partial charge in [0.25, 0.3) is 0 Å². The predicted molar refractivity (Wildman–Crippen MR) is 128 cm³/mol. The molecule has 1 atom stereocenters. The van der Waals surface area contributed by atoms with E-state index in [1.54, 1.807) is 4.57 Å². The van der Waals surface area contributed by atoms with Gasteiger partial charge in [0.15, 0.2) is 0 Å². The zero-order valence-electron chi connectivity index (χ0n) is 18.4. The van der Waals surface area contributed by atoms with Crippen LogP contribution in [0.1, 0.15) is 25.1 Å². The number of aromatic amines is 1. The second kappa shape index (κ2) is 7.81. The van der Waals surface area contributed by atoms with Crippen LogP contribution < -0.4 is 11.0 Å². The van der Waals surface area contributed by atoms with Gasteiger partial charge in [0.2, 0.25) is 0 Å². The monoisotopic (exact) mass is 438 g/mol. The van der Waals surface area contributed by atoms with E-state index in [2.05, 4.69) is 45.8 Å². The summed E-state index contributed by atoms with van der Waals surface area (Å²) < 4.78 is 1.62. The Bertz CT molecular complexity index is 1380. The van der Waals surface area contributed by atoms with Crippen LogP contribution in [0.15, 0.2) is 71.5 Å². The van der Waals surface area contributed by atoms with E-state index in [1.165, 1.54) is 10.8 Å². The quantitative estimate of drug-likeness (QED) is 0.479. The summed E-state index contributed by atoms with van der Waals surface area (Å²) in [6.07, 6.45) is 3.25. The molecule has 1 saturated carbocycles. The fraction of sp³-hybridized carbons (Fsp3) is 0.296. The highest BCUT2D eigenvalue weighted by Crippen LogP contribution is 2.42. The zero-order chi connectivity index (χ0) is 22.4. The normalized spacial score (nSPS) is 20.4. The molecule has 1 saturated heterocycles. The van der Waals surface area contributed by atoms with Gasteiger partial charge in [-0.1, -0.05) is 54.6 Å². The molecule has 4 aromatic rings. The average molecular weight is 439 g/mol. The van der Waals surface area contributed by atoms with Gasteiger partial charge < -0.3 is 5.32 Å².